The molecule has 2 atom stereocenters. The molecular formula is C12H19Cl2N3. The molecule has 96 valence electrons. The maximum absolute atomic E-state index is 6.17. The Labute approximate surface area is 112 Å². The monoisotopic (exact) mass is 275 g/mol. The third kappa shape index (κ3) is 3.15. The first-order chi connectivity index (χ1) is 8.08. The summed E-state index contributed by atoms with van der Waals surface area (Å²) in [5, 5.41) is 8.87. The van der Waals surface area contributed by atoms with Crippen LogP contribution in [-0.2, 0) is 13.6 Å². The van der Waals surface area contributed by atoms with E-state index in [0.29, 0.717) is 11.3 Å². The summed E-state index contributed by atoms with van der Waals surface area (Å²) < 4.78 is 1.72. The second-order valence-electron chi connectivity index (χ2n) is 4.89. The number of halogens is 2. The van der Waals surface area contributed by atoms with Gasteiger partial charge in [-0.3, -0.25) is 4.68 Å². The van der Waals surface area contributed by atoms with Gasteiger partial charge in [-0.25, -0.2) is 0 Å². The van der Waals surface area contributed by atoms with Crippen molar-refractivity contribution >= 4 is 23.2 Å². The minimum absolute atomic E-state index is 0.380. The van der Waals surface area contributed by atoms with Crippen LogP contribution in [0.15, 0.2) is 0 Å². The molecule has 0 radical (unpaired) electrons. The van der Waals surface area contributed by atoms with Crippen LogP contribution >= 0.6 is 23.2 Å². The smallest absolute Gasteiger partial charge is 0.131 e. The van der Waals surface area contributed by atoms with Crippen LogP contribution in [0.3, 0.4) is 0 Å². The molecule has 0 bridgehead atoms. The fourth-order valence-electron chi connectivity index (χ4n) is 2.48. The molecule has 1 aliphatic carbocycles. The van der Waals surface area contributed by atoms with E-state index in [9.17, 15) is 0 Å². The van der Waals surface area contributed by atoms with Gasteiger partial charge in [-0.05, 0) is 38.6 Å². The van der Waals surface area contributed by atoms with E-state index in [2.05, 4.69) is 10.4 Å². The van der Waals surface area contributed by atoms with Crippen LogP contribution in [0.5, 0.6) is 0 Å². The van der Waals surface area contributed by atoms with Gasteiger partial charge >= 0.3 is 0 Å². The second-order valence-corrected chi connectivity index (χ2v) is 5.86. The van der Waals surface area contributed by atoms with Crippen molar-refractivity contribution in [2.75, 3.05) is 6.54 Å². The third-order valence-electron chi connectivity index (χ3n) is 3.48. The molecule has 1 saturated carbocycles. The van der Waals surface area contributed by atoms with Crippen LogP contribution in [0.4, 0.5) is 0 Å². The van der Waals surface area contributed by atoms with Crippen molar-refractivity contribution in [1.29, 1.82) is 0 Å². The zero-order valence-corrected chi connectivity index (χ0v) is 11.9. The Morgan fingerprint density at radius 2 is 2.24 bits per heavy atom. The van der Waals surface area contributed by atoms with Crippen molar-refractivity contribution < 1.29 is 0 Å². The Hall–Kier alpha value is -0.250. The number of aryl methyl sites for hydroxylation is 2. The van der Waals surface area contributed by atoms with E-state index in [0.717, 1.165) is 42.3 Å². The molecule has 0 amide bonds. The van der Waals surface area contributed by atoms with Gasteiger partial charge in [0, 0.05) is 24.5 Å². The molecule has 1 aliphatic rings. The quantitative estimate of drug-likeness (QED) is 0.857. The van der Waals surface area contributed by atoms with E-state index in [1.807, 2.05) is 14.0 Å². The van der Waals surface area contributed by atoms with Crippen LogP contribution < -0.4 is 5.32 Å². The first-order valence-corrected chi connectivity index (χ1v) is 6.92. The van der Waals surface area contributed by atoms with E-state index in [-0.39, 0.29) is 0 Å². The van der Waals surface area contributed by atoms with E-state index in [1.54, 1.807) is 4.68 Å². The maximum atomic E-state index is 6.17. The van der Waals surface area contributed by atoms with Crippen molar-refractivity contribution in [2.24, 2.45) is 13.0 Å². The van der Waals surface area contributed by atoms with Crippen molar-refractivity contribution in [2.45, 2.75) is 38.1 Å². The van der Waals surface area contributed by atoms with Crippen LogP contribution in [-0.4, -0.2) is 21.7 Å². The SMILES string of the molecule is Cc1nn(C)c(Cl)c1CNCC1CCC(Cl)C1. The summed E-state index contributed by atoms with van der Waals surface area (Å²) >= 11 is 12.3. The Kier molecular flexibility index (Phi) is 4.34. The lowest BCUT2D eigenvalue weighted by Gasteiger charge is -2.10. The number of alkyl halides is 1. The summed E-state index contributed by atoms with van der Waals surface area (Å²) in [5.41, 5.74) is 2.11. The predicted molar refractivity (Wildman–Crippen MR) is 71.6 cm³/mol. The van der Waals surface area contributed by atoms with Gasteiger partial charge in [-0.2, -0.15) is 5.10 Å². The van der Waals surface area contributed by atoms with E-state index >= 15 is 0 Å². The molecule has 0 spiro atoms. The molecule has 17 heavy (non-hydrogen) atoms. The van der Waals surface area contributed by atoms with Crippen LogP contribution in [0.2, 0.25) is 5.15 Å². The predicted octanol–water partition coefficient (Wildman–Crippen LogP) is 2.88. The lowest BCUT2D eigenvalue weighted by atomic mass is 10.1. The van der Waals surface area contributed by atoms with Crippen molar-refractivity contribution in [3.05, 3.63) is 16.4 Å². The molecule has 0 aliphatic heterocycles. The molecule has 1 fully saturated rings. The highest BCUT2D eigenvalue weighted by atomic mass is 35.5. The zero-order valence-electron chi connectivity index (χ0n) is 10.3. The standard InChI is InChI=1S/C12H19Cl2N3/c1-8-11(12(14)17(2)16-8)7-15-6-9-3-4-10(13)5-9/h9-10,15H,3-7H2,1-2H3. The van der Waals surface area contributed by atoms with Gasteiger partial charge in [0.2, 0.25) is 0 Å². The van der Waals surface area contributed by atoms with Crippen LogP contribution in [0.25, 0.3) is 0 Å². The highest BCUT2D eigenvalue weighted by Gasteiger charge is 2.22. The van der Waals surface area contributed by atoms with Gasteiger partial charge in [0.1, 0.15) is 5.15 Å². The minimum Gasteiger partial charge on any atom is -0.312 e. The molecule has 1 aromatic rings. The number of nitrogens with zero attached hydrogens (tertiary/aromatic N) is 2. The zero-order chi connectivity index (χ0) is 12.4. The summed E-state index contributed by atoms with van der Waals surface area (Å²) in [5.74, 6) is 0.716. The molecule has 1 N–H and O–H groups in total. The fraction of sp³-hybridized carbons (Fsp3) is 0.750. The molecule has 5 heteroatoms. The van der Waals surface area contributed by atoms with Gasteiger partial charge in [-0.1, -0.05) is 11.6 Å². The van der Waals surface area contributed by atoms with Crippen LogP contribution in [0, 0.1) is 12.8 Å². The van der Waals surface area contributed by atoms with Gasteiger partial charge in [-0.15, -0.1) is 11.6 Å². The highest BCUT2D eigenvalue weighted by Crippen LogP contribution is 2.29. The lowest BCUT2D eigenvalue weighted by Crippen LogP contribution is -2.21. The molecule has 1 aromatic heterocycles. The van der Waals surface area contributed by atoms with E-state index in [4.69, 9.17) is 23.2 Å². The average molecular weight is 276 g/mol. The summed E-state index contributed by atoms with van der Waals surface area (Å²) in [7, 11) is 1.87. The number of nitrogens with one attached hydrogen (secondary N) is 1. The van der Waals surface area contributed by atoms with Crippen molar-refractivity contribution in [3.63, 3.8) is 0 Å². The number of aromatic nitrogens is 2. The Morgan fingerprint density at radius 3 is 2.76 bits per heavy atom. The summed E-state index contributed by atoms with van der Waals surface area (Å²) in [6.45, 7) is 3.81. The van der Waals surface area contributed by atoms with Gasteiger partial charge in [0.25, 0.3) is 0 Å². The molecule has 3 nitrogen and oxygen atoms in total. The first kappa shape index (κ1) is 13.2. The number of hydrogen-bond acceptors (Lipinski definition) is 2. The second kappa shape index (κ2) is 5.59. The third-order valence-corrected chi connectivity index (χ3v) is 4.35. The van der Waals surface area contributed by atoms with Gasteiger partial charge < -0.3 is 5.32 Å². The van der Waals surface area contributed by atoms with Crippen molar-refractivity contribution in [1.82, 2.24) is 15.1 Å². The average Bonchev–Trinajstić information content (AvgIpc) is 2.78. The van der Waals surface area contributed by atoms with E-state index < -0.39 is 0 Å². The first-order valence-electron chi connectivity index (χ1n) is 6.10. The summed E-state index contributed by atoms with van der Waals surface area (Å²) in [4.78, 5) is 0. The van der Waals surface area contributed by atoms with Gasteiger partial charge in [0.05, 0.1) is 5.69 Å². The van der Waals surface area contributed by atoms with Gasteiger partial charge in [0.15, 0.2) is 0 Å². The highest BCUT2D eigenvalue weighted by molar-refractivity contribution is 6.30. The number of hydrogen-bond donors (Lipinski definition) is 1. The van der Waals surface area contributed by atoms with Crippen LogP contribution in [0.1, 0.15) is 30.5 Å². The molecule has 2 rings (SSSR count). The topological polar surface area (TPSA) is 29.9 Å². The van der Waals surface area contributed by atoms with Crippen molar-refractivity contribution in [3.8, 4) is 0 Å². The molecular weight excluding hydrogens is 257 g/mol. The Bertz CT molecular complexity index is 389. The minimum atomic E-state index is 0.380. The normalized spacial score (nSPS) is 24.5. The number of rotatable bonds is 4. The summed E-state index contributed by atoms with van der Waals surface area (Å²) in [6.07, 6.45) is 3.52. The Balaban J connectivity index is 1.82. The molecule has 0 aromatic carbocycles. The van der Waals surface area contributed by atoms with E-state index in [1.165, 1.54) is 6.42 Å². The fourth-order valence-corrected chi connectivity index (χ4v) is 3.09. The maximum Gasteiger partial charge on any atom is 0.131 e. The summed E-state index contributed by atoms with van der Waals surface area (Å²) in [6, 6.07) is 0. The molecule has 0 saturated heterocycles. The molecule has 1 heterocycles. The molecule has 2 unspecified atom stereocenters. The largest absolute Gasteiger partial charge is 0.312 e. The Morgan fingerprint density at radius 1 is 1.47 bits per heavy atom. The lowest BCUT2D eigenvalue weighted by molar-refractivity contribution is 0.489.